The van der Waals surface area contributed by atoms with Gasteiger partial charge in [0.2, 0.25) is 11.7 Å². The first kappa shape index (κ1) is 17.3. The lowest BCUT2D eigenvalue weighted by atomic mass is 10.2. The number of aromatic amines is 1. The Morgan fingerprint density at radius 2 is 1.96 bits per heavy atom. The lowest BCUT2D eigenvalue weighted by Gasteiger charge is -2.09. The van der Waals surface area contributed by atoms with Gasteiger partial charge in [-0.3, -0.25) is 9.78 Å². The number of hydrogen-bond acceptors (Lipinski definition) is 7. The van der Waals surface area contributed by atoms with Gasteiger partial charge in [-0.25, -0.2) is 10.4 Å². The number of anilines is 1. The van der Waals surface area contributed by atoms with Crippen LogP contribution in [0.1, 0.15) is 24.6 Å². The summed E-state index contributed by atoms with van der Waals surface area (Å²) >= 11 is 0. The van der Waals surface area contributed by atoms with E-state index >= 15 is 0 Å². The van der Waals surface area contributed by atoms with E-state index in [1.54, 1.807) is 12.1 Å². The molecule has 0 spiro atoms. The summed E-state index contributed by atoms with van der Waals surface area (Å²) in [7, 11) is 2.89. The fourth-order valence-corrected chi connectivity index (χ4v) is 2.10. The molecule has 1 aromatic carbocycles. The number of aromatic nitrogens is 2. The van der Waals surface area contributed by atoms with Crippen LogP contribution in [0, 0.1) is 0 Å². The second-order valence-electron chi connectivity index (χ2n) is 4.98. The third-order valence-electron chi connectivity index (χ3n) is 3.19. The van der Waals surface area contributed by atoms with Gasteiger partial charge in [-0.1, -0.05) is 13.3 Å². The van der Waals surface area contributed by atoms with Crippen molar-refractivity contribution >= 4 is 12.2 Å². The number of aromatic hydroxyl groups is 1. The SMILES string of the molecule is CCCc1cc(=O)[nH]c(N/N=C\c2cc(OC)c(O)c(OC)c2)n1. The van der Waals surface area contributed by atoms with Crippen LogP contribution >= 0.6 is 0 Å². The molecule has 0 aliphatic heterocycles. The lowest BCUT2D eigenvalue weighted by molar-refractivity contribution is 0.340. The Morgan fingerprint density at radius 3 is 2.54 bits per heavy atom. The maximum absolute atomic E-state index is 11.6. The number of hydrogen-bond donors (Lipinski definition) is 3. The molecule has 0 bridgehead atoms. The van der Waals surface area contributed by atoms with Crippen molar-refractivity contribution in [1.82, 2.24) is 9.97 Å². The zero-order valence-electron chi connectivity index (χ0n) is 13.8. The van der Waals surface area contributed by atoms with Gasteiger partial charge in [0.05, 0.1) is 20.4 Å². The summed E-state index contributed by atoms with van der Waals surface area (Å²) in [4.78, 5) is 18.4. The standard InChI is InChI=1S/C16H20N4O4/c1-4-5-11-8-14(21)19-16(18-11)20-17-9-10-6-12(23-2)15(22)13(7-10)24-3/h6-9,22H,4-5H2,1-3H3,(H2,18,19,20,21)/b17-9-. The number of benzene rings is 1. The van der Waals surface area contributed by atoms with Crippen LogP contribution in [0.2, 0.25) is 0 Å². The number of ether oxygens (including phenoxy) is 2. The average molecular weight is 332 g/mol. The molecule has 1 heterocycles. The molecular weight excluding hydrogens is 312 g/mol. The maximum atomic E-state index is 11.6. The predicted molar refractivity (Wildman–Crippen MR) is 91.3 cm³/mol. The molecule has 2 aromatic rings. The lowest BCUT2D eigenvalue weighted by Crippen LogP contribution is -2.12. The predicted octanol–water partition coefficient (Wildman–Crippen LogP) is 1.89. The van der Waals surface area contributed by atoms with E-state index in [1.165, 1.54) is 26.5 Å². The van der Waals surface area contributed by atoms with Crippen molar-refractivity contribution in [3.05, 3.63) is 39.8 Å². The van der Waals surface area contributed by atoms with Crippen LogP contribution in [-0.2, 0) is 6.42 Å². The van der Waals surface area contributed by atoms with Gasteiger partial charge < -0.3 is 14.6 Å². The van der Waals surface area contributed by atoms with Gasteiger partial charge in [0, 0.05) is 17.3 Å². The maximum Gasteiger partial charge on any atom is 0.252 e. The molecule has 1 aromatic heterocycles. The fraction of sp³-hybridized carbons (Fsp3) is 0.312. The van der Waals surface area contributed by atoms with Gasteiger partial charge in [0.15, 0.2) is 11.5 Å². The summed E-state index contributed by atoms with van der Waals surface area (Å²) in [6, 6.07) is 4.67. The Labute approximate surface area is 139 Å². The highest BCUT2D eigenvalue weighted by Crippen LogP contribution is 2.36. The summed E-state index contributed by atoms with van der Waals surface area (Å²) in [6.07, 6.45) is 3.11. The molecule has 24 heavy (non-hydrogen) atoms. The molecular formula is C16H20N4O4. The number of hydrazone groups is 1. The van der Waals surface area contributed by atoms with Gasteiger partial charge in [0.25, 0.3) is 5.56 Å². The summed E-state index contributed by atoms with van der Waals surface area (Å²) in [5, 5.41) is 13.9. The van der Waals surface area contributed by atoms with Crippen molar-refractivity contribution in [3.8, 4) is 17.2 Å². The quantitative estimate of drug-likeness (QED) is 0.528. The molecule has 0 atom stereocenters. The van der Waals surface area contributed by atoms with Gasteiger partial charge in [-0.15, -0.1) is 0 Å². The molecule has 2 rings (SSSR count). The largest absolute Gasteiger partial charge is 0.502 e. The summed E-state index contributed by atoms with van der Waals surface area (Å²) in [6.45, 7) is 2.01. The van der Waals surface area contributed by atoms with Gasteiger partial charge in [-0.2, -0.15) is 5.10 Å². The van der Waals surface area contributed by atoms with E-state index in [0.717, 1.165) is 6.42 Å². The number of phenols is 1. The minimum atomic E-state index is -0.237. The number of aryl methyl sites for hydroxylation is 1. The first-order valence-corrected chi connectivity index (χ1v) is 7.41. The Balaban J connectivity index is 2.19. The van der Waals surface area contributed by atoms with Gasteiger partial charge >= 0.3 is 0 Å². The molecule has 0 radical (unpaired) electrons. The molecule has 8 heteroatoms. The molecule has 0 saturated carbocycles. The second kappa shape index (κ2) is 8.00. The Hall–Kier alpha value is -3.03. The van der Waals surface area contributed by atoms with Crippen molar-refractivity contribution in [2.45, 2.75) is 19.8 Å². The van der Waals surface area contributed by atoms with E-state index in [9.17, 15) is 9.90 Å². The summed E-state index contributed by atoms with van der Waals surface area (Å²) < 4.78 is 10.2. The number of nitrogens with zero attached hydrogens (tertiary/aromatic N) is 2. The number of rotatable bonds is 7. The van der Waals surface area contributed by atoms with Gasteiger partial charge in [-0.05, 0) is 18.6 Å². The molecule has 0 aliphatic carbocycles. The van der Waals surface area contributed by atoms with E-state index in [-0.39, 0.29) is 28.8 Å². The van der Waals surface area contributed by atoms with Crippen molar-refractivity contribution in [2.24, 2.45) is 5.10 Å². The topological polar surface area (TPSA) is 109 Å². The normalized spacial score (nSPS) is 10.8. The Kier molecular flexibility index (Phi) is 5.78. The molecule has 0 amide bonds. The molecule has 0 fully saturated rings. The Morgan fingerprint density at radius 1 is 1.29 bits per heavy atom. The Bertz CT molecular complexity index is 761. The van der Waals surface area contributed by atoms with Crippen LogP contribution in [0.4, 0.5) is 5.95 Å². The zero-order chi connectivity index (χ0) is 17.5. The summed E-state index contributed by atoms with van der Waals surface area (Å²) in [5.74, 6) is 0.725. The van der Waals surface area contributed by atoms with Crippen molar-refractivity contribution < 1.29 is 14.6 Å². The zero-order valence-corrected chi connectivity index (χ0v) is 13.8. The third-order valence-corrected chi connectivity index (χ3v) is 3.19. The molecule has 0 unspecified atom stereocenters. The molecule has 0 saturated heterocycles. The molecule has 128 valence electrons. The third kappa shape index (κ3) is 4.25. The van der Waals surface area contributed by atoms with Crippen molar-refractivity contribution in [3.63, 3.8) is 0 Å². The van der Waals surface area contributed by atoms with Crippen LogP contribution in [0.25, 0.3) is 0 Å². The molecule has 0 aliphatic rings. The van der Waals surface area contributed by atoms with Crippen LogP contribution in [0.15, 0.2) is 28.1 Å². The highest BCUT2D eigenvalue weighted by Gasteiger charge is 2.10. The summed E-state index contributed by atoms with van der Waals surface area (Å²) in [5.41, 5.74) is 3.78. The van der Waals surface area contributed by atoms with E-state index in [1.807, 2.05) is 6.92 Å². The van der Waals surface area contributed by atoms with Crippen LogP contribution in [-0.4, -0.2) is 35.5 Å². The van der Waals surface area contributed by atoms with Crippen LogP contribution in [0.3, 0.4) is 0 Å². The van der Waals surface area contributed by atoms with E-state index in [4.69, 9.17) is 9.47 Å². The number of methoxy groups -OCH3 is 2. The van der Waals surface area contributed by atoms with Crippen LogP contribution in [0.5, 0.6) is 17.2 Å². The highest BCUT2D eigenvalue weighted by atomic mass is 16.5. The smallest absolute Gasteiger partial charge is 0.252 e. The average Bonchev–Trinajstić information content (AvgIpc) is 2.56. The number of H-pyrrole nitrogens is 1. The molecule has 3 N–H and O–H groups in total. The minimum Gasteiger partial charge on any atom is -0.502 e. The fourth-order valence-electron chi connectivity index (χ4n) is 2.10. The first-order valence-electron chi connectivity index (χ1n) is 7.41. The monoisotopic (exact) mass is 332 g/mol. The number of nitrogens with one attached hydrogen (secondary N) is 2. The van der Waals surface area contributed by atoms with Crippen molar-refractivity contribution in [1.29, 1.82) is 0 Å². The number of phenolic OH excluding ortho intramolecular Hbond substituents is 1. The van der Waals surface area contributed by atoms with Crippen LogP contribution < -0.4 is 20.5 Å². The van der Waals surface area contributed by atoms with E-state index in [0.29, 0.717) is 17.7 Å². The second-order valence-corrected chi connectivity index (χ2v) is 4.98. The van der Waals surface area contributed by atoms with E-state index in [2.05, 4.69) is 20.5 Å². The first-order chi connectivity index (χ1) is 11.6. The van der Waals surface area contributed by atoms with Crippen molar-refractivity contribution in [2.75, 3.05) is 19.6 Å². The van der Waals surface area contributed by atoms with Gasteiger partial charge in [0.1, 0.15) is 0 Å². The molecule has 8 nitrogen and oxygen atoms in total. The highest BCUT2D eigenvalue weighted by molar-refractivity contribution is 5.82. The van der Waals surface area contributed by atoms with E-state index < -0.39 is 0 Å². The minimum absolute atomic E-state index is 0.0802.